The van der Waals surface area contributed by atoms with Crippen molar-refractivity contribution in [1.29, 1.82) is 0 Å². The molecule has 3 nitrogen and oxygen atoms in total. The summed E-state index contributed by atoms with van der Waals surface area (Å²) >= 11 is 1.70. The molecule has 1 rings (SSSR count). The van der Waals surface area contributed by atoms with Gasteiger partial charge in [0.1, 0.15) is 0 Å². The van der Waals surface area contributed by atoms with Crippen molar-refractivity contribution in [3.05, 3.63) is 22.4 Å². The Bertz CT molecular complexity index is 220. The third-order valence-corrected chi connectivity index (χ3v) is 2.75. The maximum absolute atomic E-state index is 8.83. The van der Waals surface area contributed by atoms with Crippen molar-refractivity contribution < 1.29 is 9.84 Å². The summed E-state index contributed by atoms with van der Waals surface area (Å²) in [6.07, 6.45) is 0.734. The molecular formula is C10H17NO2S. The van der Waals surface area contributed by atoms with Gasteiger partial charge in [0, 0.05) is 26.3 Å². The second kappa shape index (κ2) is 6.95. The number of nitrogens with one attached hydrogen (secondary N) is 1. The summed E-state index contributed by atoms with van der Waals surface area (Å²) in [4.78, 5) is 0. The number of methoxy groups -OCH3 is 1. The molecule has 1 aromatic rings. The van der Waals surface area contributed by atoms with Crippen molar-refractivity contribution in [3.63, 3.8) is 0 Å². The summed E-state index contributed by atoms with van der Waals surface area (Å²) in [5.41, 5.74) is 1.29. The van der Waals surface area contributed by atoms with Crippen LogP contribution >= 0.6 is 11.3 Å². The number of ether oxygens (including phenoxy) is 1. The van der Waals surface area contributed by atoms with Gasteiger partial charge in [-0.1, -0.05) is 0 Å². The standard InChI is InChI=1S/C10H17NO2S/c1-13-7-10(2-4-12)11-6-9-3-5-14-8-9/h3,5,8,10-12H,2,4,6-7H2,1H3. The molecular weight excluding hydrogens is 198 g/mol. The molecule has 0 aliphatic rings. The van der Waals surface area contributed by atoms with Gasteiger partial charge in [-0.25, -0.2) is 0 Å². The zero-order valence-corrected chi connectivity index (χ0v) is 9.22. The third kappa shape index (κ3) is 4.19. The van der Waals surface area contributed by atoms with Crippen LogP contribution in [0.15, 0.2) is 16.8 Å². The van der Waals surface area contributed by atoms with E-state index in [0.717, 1.165) is 13.0 Å². The number of thiophene rings is 1. The molecule has 2 N–H and O–H groups in total. The van der Waals surface area contributed by atoms with Crippen LogP contribution in [0.5, 0.6) is 0 Å². The highest BCUT2D eigenvalue weighted by Gasteiger charge is 2.06. The van der Waals surface area contributed by atoms with E-state index in [1.165, 1.54) is 5.56 Å². The minimum absolute atomic E-state index is 0.199. The number of hydrogen-bond donors (Lipinski definition) is 2. The van der Waals surface area contributed by atoms with Crippen LogP contribution < -0.4 is 5.32 Å². The zero-order valence-electron chi connectivity index (χ0n) is 8.40. The topological polar surface area (TPSA) is 41.5 Å². The van der Waals surface area contributed by atoms with E-state index in [9.17, 15) is 0 Å². The zero-order chi connectivity index (χ0) is 10.2. The van der Waals surface area contributed by atoms with Gasteiger partial charge in [0.15, 0.2) is 0 Å². The first-order valence-electron chi connectivity index (χ1n) is 4.71. The van der Waals surface area contributed by atoms with Gasteiger partial charge in [0.25, 0.3) is 0 Å². The molecule has 1 unspecified atom stereocenters. The van der Waals surface area contributed by atoms with Crippen LogP contribution in [-0.4, -0.2) is 31.5 Å². The fourth-order valence-electron chi connectivity index (χ4n) is 1.26. The van der Waals surface area contributed by atoms with Gasteiger partial charge < -0.3 is 15.2 Å². The maximum Gasteiger partial charge on any atom is 0.0616 e. The third-order valence-electron chi connectivity index (χ3n) is 2.02. The fraction of sp³-hybridized carbons (Fsp3) is 0.600. The fourth-order valence-corrected chi connectivity index (χ4v) is 1.93. The van der Waals surface area contributed by atoms with Gasteiger partial charge in [-0.05, 0) is 28.8 Å². The normalized spacial score (nSPS) is 13.0. The monoisotopic (exact) mass is 215 g/mol. The minimum atomic E-state index is 0.199. The highest BCUT2D eigenvalue weighted by atomic mass is 32.1. The summed E-state index contributed by atoms with van der Waals surface area (Å²) in [6, 6.07) is 2.34. The van der Waals surface area contributed by atoms with Crippen molar-refractivity contribution in [2.75, 3.05) is 20.3 Å². The Hall–Kier alpha value is -0.420. The quantitative estimate of drug-likeness (QED) is 0.719. The molecule has 1 atom stereocenters. The first-order valence-corrected chi connectivity index (χ1v) is 5.65. The molecule has 1 heterocycles. The molecule has 80 valence electrons. The Morgan fingerprint density at radius 2 is 2.50 bits per heavy atom. The second-order valence-electron chi connectivity index (χ2n) is 3.18. The molecule has 0 saturated carbocycles. The van der Waals surface area contributed by atoms with E-state index in [1.54, 1.807) is 18.4 Å². The molecule has 0 aromatic carbocycles. The molecule has 0 amide bonds. The molecule has 0 aliphatic heterocycles. The lowest BCUT2D eigenvalue weighted by atomic mass is 10.2. The van der Waals surface area contributed by atoms with Crippen LogP contribution in [0.4, 0.5) is 0 Å². The van der Waals surface area contributed by atoms with Crippen LogP contribution in [0, 0.1) is 0 Å². The molecule has 0 aliphatic carbocycles. The average molecular weight is 215 g/mol. The summed E-state index contributed by atoms with van der Waals surface area (Å²) < 4.78 is 5.06. The van der Waals surface area contributed by atoms with Crippen molar-refractivity contribution in [1.82, 2.24) is 5.32 Å². The molecule has 0 bridgehead atoms. The number of rotatable bonds is 7. The van der Waals surface area contributed by atoms with E-state index in [4.69, 9.17) is 9.84 Å². The van der Waals surface area contributed by atoms with Crippen molar-refractivity contribution >= 4 is 11.3 Å². The Balaban J connectivity index is 2.25. The first-order chi connectivity index (χ1) is 6.86. The van der Waals surface area contributed by atoms with Crippen LogP contribution in [0.25, 0.3) is 0 Å². The highest BCUT2D eigenvalue weighted by Crippen LogP contribution is 2.05. The lowest BCUT2D eigenvalue weighted by Gasteiger charge is -2.16. The van der Waals surface area contributed by atoms with E-state index in [0.29, 0.717) is 6.61 Å². The van der Waals surface area contributed by atoms with Gasteiger partial charge in [0.05, 0.1) is 6.61 Å². The maximum atomic E-state index is 8.83. The van der Waals surface area contributed by atoms with E-state index in [-0.39, 0.29) is 12.6 Å². The molecule has 4 heteroatoms. The lowest BCUT2D eigenvalue weighted by Crippen LogP contribution is -2.33. The number of hydrogen-bond acceptors (Lipinski definition) is 4. The van der Waals surface area contributed by atoms with Gasteiger partial charge in [0.2, 0.25) is 0 Å². The van der Waals surface area contributed by atoms with Crippen molar-refractivity contribution in [3.8, 4) is 0 Å². The van der Waals surface area contributed by atoms with Crippen LogP contribution in [0.3, 0.4) is 0 Å². The van der Waals surface area contributed by atoms with Crippen molar-refractivity contribution in [2.45, 2.75) is 19.0 Å². The summed E-state index contributed by atoms with van der Waals surface area (Å²) in [5.74, 6) is 0. The predicted molar refractivity (Wildman–Crippen MR) is 58.5 cm³/mol. The Labute approximate surface area is 88.7 Å². The molecule has 0 saturated heterocycles. The number of aliphatic hydroxyl groups excluding tert-OH is 1. The van der Waals surface area contributed by atoms with Crippen molar-refractivity contribution in [2.24, 2.45) is 0 Å². The molecule has 0 fully saturated rings. The molecule has 0 spiro atoms. The van der Waals surface area contributed by atoms with Gasteiger partial charge >= 0.3 is 0 Å². The largest absolute Gasteiger partial charge is 0.396 e. The predicted octanol–water partition coefficient (Wildman–Crippen LogP) is 1.24. The van der Waals surface area contributed by atoms with Gasteiger partial charge in [-0.15, -0.1) is 0 Å². The summed E-state index contributed by atoms with van der Waals surface area (Å²) in [7, 11) is 1.68. The second-order valence-corrected chi connectivity index (χ2v) is 3.96. The van der Waals surface area contributed by atoms with E-state index < -0.39 is 0 Å². The summed E-state index contributed by atoms with van der Waals surface area (Å²) in [5, 5.41) is 16.4. The van der Waals surface area contributed by atoms with Gasteiger partial charge in [-0.2, -0.15) is 11.3 Å². The lowest BCUT2D eigenvalue weighted by molar-refractivity contribution is 0.148. The van der Waals surface area contributed by atoms with Crippen LogP contribution in [0.1, 0.15) is 12.0 Å². The van der Waals surface area contributed by atoms with Gasteiger partial charge in [-0.3, -0.25) is 0 Å². The average Bonchev–Trinajstić information content (AvgIpc) is 2.67. The SMILES string of the molecule is COCC(CCO)NCc1ccsc1. The molecule has 14 heavy (non-hydrogen) atoms. The van der Waals surface area contributed by atoms with E-state index in [2.05, 4.69) is 22.1 Å². The summed E-state index contributed by atoms with van der Waals surface area (Å²) in [6.45, 7) is 1.69. The molecule has 0 radical (unpaired) electrons. The highest BCUT2D eigenvalue weighted by molar-refractivity contribution is 7.07. The Morgan fingerprint density at radius 3 is 3.07 bits per heavy atom. The number of aliphatic hydroxyl groups is 1. The van der Waals surface area contributed by atoms with Crippen LogP contribution in [0.2, 0.25) is 0 Å². The van der Waals surface area contributed by atoms with Crippen LogP contribution in [-0.2, 0) is 11.3 Å². The van der Waals surface area contributed by atoms with E-state index >= 15 is 0 Å². The molecule has 1 aromatic heterocycles. The Morgan fingerprint density at radius 1 is 1.64 bits per heavy atom. The van der Waals surface area contributed by atoms with E-state index in [1.807, 2.05) is 0 Å². The minimum Gasteiger partial charge on any atom is -0.396 e. The smallest absolute Gasteiger partial charge is 0.0616 e. The Kier molecular flexibility index (Phi) is 5.78. The first kappa shape index (κ1) is 11.7.